The van der Waals surface area contributed by atoms with Crippen LogP contribution in [0.1, 0.15) is 19.3 Å². The maximum absolute atomic E-state index is 13.2. The molecular formula is C12H15F2NO. The number of para-hydroxylation sites is 2. The summed E-state index contributed by atoms with van der Waals surface area (Å²) in [5.41, 5.74) is 0.653. The standard InChI is InChI=1S/C12H15F2NO/c13-12(14)6-3-8-15(9-7-12)10-4-1-2-5-11(10)16/h1-2,4-5,16H,3,6-9H2. The molecule has 0 aliphatic carbocycles. The van der Waals surface area contributed by atoms with Crippen LogP contribution in [0.25, 0.3) is 0 Å². The molecule has 0 bridgehead atoms. The summed E-state index contributed by atoms with van der Waals surface area (Å²) < 4.78 is 26.3. The van der Waals surface area contributed by atoms with E-state index in [1.54, 1.807) is 24.3 Å². The average Bonchev–Trinajstić information content (AvgIpc) is 2.40. The molecule has 4 heteroatoms. The summed E-state index contributed by atoms with van der Waals surface area (Å²) in [7, 11) is 0. The molecule has 1 aliphatic rings. The maximum atomic E-state index is 13.2. The van der Waals surface area contributed by atoms with E-state index in [2.05, 4.69) is 0 Å². The monoisotopic (exact) mass is 227 g/mol. The maximum Gasteiger partial charge on any atom is 0.249 e. The summed E-state index contributed by atoms with van der Waals surface area (Å²) in [6.07, 6.45) is 0.264. The molecule has 1 aromatic rings. The zero-order chi connectivity index (χ0) is 11.6. The van der Waals surface area contributed by atoms with Gasteiger partial charge in [-0.15, -0.1) is 0 Å². The van der Waals surface area contributed by atoms with E-state index in [-0.39, 0.29) is 18.6 Å². The normalized spacial score (nSPS) is 20.5. The van der Waals surface area contributed by atoms with Gasteiger partial charge in [-0.2, -0.15) is 0 Å². The molecule has 1 heterocycles. The minimum Gasteiger partial charge on any atom is -0.506 e. The molecule has 0 aromatic heterocycles. The number of anilines is 1. The molecular weight excluding hydrogens is 212 g/mol. The molecule has 1 aromatic carbocycles. The van der Waals surface area contributed by atoms with Crippen LogP contribution in [-0.2, 0) is 0 Å². The highest BCUT2D eigenvalue weighted by Crippen LogP contribution is 2.33. The number of aromatic hydroxyl groups is 1. The summed E-state index contributed by atoms with van der Waals surface area (Å²) in [5.74, 6) is -2.40. The minimum absolute atomic E-state index is 0.0584. The van der Waals surface area contributed by atoms with Gasteiger partial charge < -0.3 is 10.0 Å². The van der Waals surface area contributed by atoms with Crippen LogP contribution < -0.4 is 4.90 Å². The lowest BCUT2D eigenvalue weighted by atomic mass is 10.1. The molecule has 0 spiro atoms. The Morgan fingerprint density at radius 2 is 1.88 bits per heavy atom. The van der Waals surface area contributed by atoms with Crippen LogP contribution in [0.2, 0.25) is 0 Å². The molecule has 1 aliphatic heterocycles. The number of alkyl halides is 2. The molecule has 0 amide bonds. The first-order valence-electron chi connectivity index (χ1n) is 5.49. The Hall–Kier alpha value is -1.32. The van der Waals surface area contributed by atoms with E-state index in [0.717, 1.165) is 0 Å². The Morgan fingerprint density at radius 3 is 2.62 bits per heavy atom. The van der Waals surface area contributed by atoms with Crippen LogP contribution >= 0.6 is 0 Å². The average molecular weight is 227 g/mol. The molecule has 2 rings (SSSR count). The van der Waals surface area contributed by atoms with E-state index in [1.165, 1.54) is 0 Å². The first-order valence-corrected chi connectivity index (χ1v) is 5.49. The number of hydrogen-bond donors (Lipinski definition) is 1. The van der Waals surface area contributed by atoms with Crippen molar-refractivity contribution in [3.63, 3.8) is 0 Å². The summed E-state index contributed by atoms with van der Waals surface area (Å²) >= 11 is 0. The molecule has 16 heavy (non-hydrogen) atoms. The smallest absolute Gasteiger partial charge is 0.249 e. The first-order chi connectivity index (χ1) is 7.58. The first kappa shape index (κ1) is 11.2. The summed E-state index contributed by atoms with van der Waals surface area (Å²) in [6.45, 7) is 0.873. The molecule has 1 saturated heterocycles. The Kier molecular flexibility index (Phi) is 2.99. The van der Waals surface area contributed by atoms with Gasteiger partial charge in [0.15, 0.2) is 0 Å². The van der Waals surface area contributed by atoms with Gasteiger partial charge in [-0.25, -0.2) is 8.78 Å². The van der Waals surface area contributed by atoms with Crippen LogP contribution in [0.15, 0.2) is 24.3 Å². The Morgan fingerprint density at radius 1 is 1.12 bits per heavy atom. The number of phenols is 1. The van der Waals surface area contributed by atoms with Gasteiger partial charge in [0.1, 0.15) is 5.75 Å². The van der Waals surface area contributed by atoms with Crippen molar-refractivity contribution < 1.29 is 13.9 Å². The van der Waals surface area contributed by atoms with Crippen molar-refractivity contribution in [1.82, 2.24) is 0 Å². The third kappa shape index (κ3) is 2.43. The van der Waals surface area contributed by atoms with Gasteiger partial charge in [-0.3, -0.25) is 0 Å². The Bertz CT molecular complexity index is 368. The van der Waals surface area contributed by atoms with E-state index in [1.807, 2.05) is 4.90 Å². The number of hydrogen-bond acceptors (Lipinski definition) is 2. The number of halogens is 2. The van der Waals surface area contributed by atoms with Gasteiger partial charge in [0.05, 0.1) is 5.69 Å². The fraction of sp³-hybridized carbons (Fsp3) is 0.500. The molecule has 88 valence electrons. The Labute approximate surface area is 93.5 Å². The van der Waals surface area contributed by atoms with Gasteiger partial charge >= 0.3 is 0 Å². The minimum atomic E-state index is -2.56. The van der Waals surface area contributed by atoms with Crippen molar-refractivity contribution in [2.45, 2.75) is 25.2 Å². The zero-order valence-electron chi connectivity index (χ0n) is 9.00. The highest BCUT2D eigenvalue weighted by atomic mass is 19.3. The molecule has 0 saturated carbocycles. The second-order valence-electron chi connectivity index (χ2n) is 4.19. The lowest BCUT2D eigenvalue weighted by molar-refractivity contribution is -0.0102. The molecule has 0 radical (unpaired) electrons. The van der Waals surface area contributed by atoms with E-state index < -0.39 is 5.92 Å². The van der Waals surface area contributed by atoms with Gasteiger partial charge in [0.25, 0.3) is 0 Å². The third-order valence-corrected chi connectivity index (χ3v) is 2.94. The van der Waals surface area contributed by atoms with Gasteiger partial charge in [-0.1, -0.05) is 12.1 Å². The highest BCUT2D eigenvalue weighted by Gasteiger charge is 2.32. The Balaban J connectivity index is 2.14. The molecule has 0 atom stereocenters. The van der Waals surface area contributed by atoms with Crippen LogP contribution in [0.5, 0.6) is 5.75 Å². The van der Waals surface area contributed by atoms with Crippen molar-refractivity contribution in [1.29, 1.82) is 0 Å². The van der Waals surface area contributed by atoms with E-state index >= 15 is 0 Å². The predicted molar refractivity (Wildman–Crippen MR) is 59.1 cm³/mol. The quantitative estimate of drug-likeness (QED) is 0.797. The van der Waals surface area contributed by atoms with Crippen molar-refractivity contribution in [2.75, 3.05) is 18.0 Å². The van der Waals surface area contributed by atoms with Crippen molar-refractivity contribution in [3.05, 3.63) is 24.3 Å². The topological polar surface area (TPSA) is 23.5 Å². The molecule has 1 fully saturated rings. The predicted octanol–water partition coefficient (Wildman–Crippen LogP) is 3.02. The van der Waals surface area contributed by atoms with E-state index in [4.69, 9.17) is 0 Å². The lowest BCUT2D eigenvalue weighted by Crippen LogP contribution is -2.25. The van der Waals surface area contributed by atoms with Gasteiger partial charge in [0.2, 0.25) is 5.92 Å². The fourth-order valence-electron chi connectivity index (χ4n) is 2.04. The molecule has 1 N–H and O–H groups in total. The molecule has 0 unspecified atom stereocenters. The van der Waals surface area contributed by atoms with Gasteiger partial charge in [-0.05, 0) is 18.6 Å². The fourth-order valence-corrected chi connectivity index (χ4v) is 2.04. The van der Waals surface area contributed by atoms with Crippen LogP contribution in [0, 0.1) is 0 Å². The highest BCUT2D eigenvalue weighted by molar-refractivity contribution is 5.57. The lowest BCUT2D eigenvalue weighted by Gasteiger charge is -2.23. The zero-order valence-corrected chi connectivity index (χ0v) is 9.00. The van der Waals surface area contributed by atoms with Crippen LogP contribution in [-0.4, -0.2) is 24.1 Å². The number of phenolic OH excluding ortho intramolecular Hbond substituents is 1. The third-order valence-electron chi connectivity index (χ3n) is 2.94. The van der Waals surface area contributed by atoms with E-state index in [0.29, 0.717) is 25.2 Å². The summed E-state index contributed by atoms with van der Waals surface area (Å²) in [4.78, 5) is 1.83. The van der Waals surface area contributed by atoms with Crippen molar-refractivity contribution in [2.24, 2.45) is 0 Å². The van der Waals surface area contributed by atoms with Gasteiger partial charge in [0, 0.05) is 25.9 Å². The number of rotatable bonds is 1. The summed E-state index contributed by atoms with van der Waals surface area (Å²) in [5, 5.41) is 9.66. The van der Waals surface area contributed by atoms with Crippen LogP contribution in [0.4, 0.5) is 14.5 Å². The SMILES string of the molecule is Oc1ccccc1N1CCCC(F)(F)CC1. The molecule has 2 nitrogen and oxygen atoms in total. The number of nitrogens with zero attached hydrogens (tertiary/aromatic N) is 1. The largest absolute Gasteiger partial charge is 0.506 e. The van der Waals surface area contributed by atoms with E-state index in [9.17, 15) is 13.9 Å². The van der Waals surface area contributed by atoms with Crippen molar-refractivity contribution >= 4 is 5.69 Å². The van der Waals surface area contributed by atoms with Crippen LogP contribution in [0.3, 0.4) is 0 Å². The van der Waals surface area contributed by atoms with Crippen molar-refractivity contribution in [3.8, 4) is 5.75 Å². The number of benzene rings is 1. The second-order valence-corrected chi connectivity index (χ2v) is 4.19. The second kappa shape index (κ2) is 4.28. The summed E-state index contributed by atoms with van der Waals surface area (Å²) in [6, 6.07) is 6.88.